The first-order valence-electron chi connectivity index (χ1n) is 29.1. The highest BCUT2D eigenvalue weighted by molar-refractivity contribution is 5.76. The molecule has 0 aliphatic rings. The van der Waals surface area contributed by atoms with Gasteiger partial charge in [0.05, 0.1) is 18.8 Å². The number of carbonyl (C=O) groups is 1. The number of unbranched alkanes of at least 4 members (excludes halogenated alkanes) is 29. The highest BCUT2D eigenvalue weighted by Crippen LogP contribution is 2.16. The quantitative estimate of drug-likeness (QED) is 0.0420. The van der Waals surface area contributed by atoms with Gasteiger partial charge in [0, 0.05) is 6.42 Å². The van der Waals surface area contributed by atoms with Gasteiger partial charge in [0.1, 0.15) is 0 Å². The van der Waals surface area contributed by atoms with Crippen molar-refractivity contribution in [2.75, 3.05) is 6.61 Å². The minimum Gasteiger partial charge on any atom is -0.394 e. The SMILES string of the molecule is CC/C=C\C/C=C\C/C=C\C/C=C\C/C=C\C/C=C\CCCCCCCCC(=O)NC(CO)C(O)/C=C/CC/C=C/CC/C=C/CCCCCCCCCCCCCCCCCCCCCCC. The Balaban J connectivity index is 3.62. The zero-order valence-electron chi connectivity index (χ0n) is 44.8. The third-order valence-electron chi connectivity index (χ3n) is 12.7. The van der Waals surface area contributed by atoms with E-state index in [0.717, 1.165) is 89.9 Å². The second-order valence-corrected chi connectivity index (χ2v) is 19.3. The molecular weight excluding hydrogens is 831 g/mol. The van der Waals surface area contributed by atoms with Crippen LogP contribution in [0.2, 0.25) is 0 Å². The highest BCUT2D eigenvalue weighted by Gasteiger charge is 2.18. The van der Waals surface area contributed by atoms with Crippen LogP contribution in [0.1, 0.15) is 271 Å². The van der Waals surface area contributed by atoms with Gasteiger partial charge in [0.25, 0.3) is 0 Å². The Morgan fingerprint density at radius 1 is 0.368 bits per heavy atom. The van der Waals surface area contributed by atoms with Gasteiger partial charge in [-0.15, -0.1) is 0 Å². The van der Waals surface area contributed by atoms with Crippen molar-refractivity contribution in [1.29, 1.82) is 0 Å². The second-order valence-electron chi connectivity index (χ2n) is 19.3. The van der Waals surface area contributed by atoms with Crippen LogP contribution >= 0.6 is 0 Å². The van der Waals surface area contributed by atoms with Crippen LogP contribution in [-0.2, 0) is 4.79 Å². The number of aliphatic hydroxyl groups excluding tert-OH is 2. The number of amides is 1. The van der Waals surface area contributed by atoms with E-state index in [9.17, 15) is 15.0 Å². The largest absolute Gasteiger partial charge is 0.394 e. The van der Waals surface area contributed by atoms with Crippen LogP contribution in [0.3, 0.4) is 0 Å². The average Bonchev–Trinajstić information content (AvgIpc) is 3.34. The van der Waals surface area contributed by atoms with Crippen LogP contribution in [0, 0.1) is 0 Å². The molecule has 4 nitrogen and oxygen atoms in total. The fraction of sp³-hybridized carbons (Fsp3) is 0.703. The second kappa shape index (κ2) is 58.4. The molecular formula is C64H111NO3. The van der Waals surface area contributed by atoms with Crippen LogP contribution in [0.5, 0.6) is 0 Å². The van der Waals surface area contributed by atoms with Crippen molar-refractivity contribution in [3.63, 3.8) is 0 Å². The van der Waals surface area contributed by atoms with Gasteiger partial charge in [0.15, 0.2) is 0 Å². The number of rotatable bonds is 52. The molecule has 68 heavy (non-hydrogen) atoms. The first-order valence-corrected chi connectivity index (χ1v) is 29.1. The van der Waals surface area contributed by atoms with Crippen LogP contribution in [0.15, 0.2) is 109 Å². The lowest BCUT2D eigenvalue weighted by molar-refractivity contribution is -0.123. The summed E-state index contributed by atoms with van der Waals surface area (Å²) in [5, 5.41) is 23.1. The molecule has 0 aliphatic heterocycles. The topological polar surface area (TPSA) is 69.6 Å². The lowest BCUT2D eigenvalue weighted by atomic mass is 10.0. The highest BCUT2D eigenvalue weighted by atomic mass is 16.3. The van der Waals surface area contributed by atoms with Gasteiger partial charge in [-0.05, 0) is 96.3 Å². The fourth-order valence-corrected chi connectivity index (χ4v) is 8.33. The molecule has 2 atom stereocenters. The third kappa shape index (κ3) is 54.0. The Labute approximate surface area is 423 Å². The summed E-state index contributed by atoms with van der Waals surface area (Å²) >= 11 is 0. The first kappa shape index (κ1) is 65.0. The summed E-state index contributed by atoms with van der Waals surface area (Å²) in [6.07, 6.45) is 88.3. The molecule has 0 radical (unpaired) electrons. The van der Waals surface area contributed by atoms with Crippen molar-refractivity contribution >= 4 is 5.91 Å². The maximum Gasteiger partial charge on any atom is 0.220 e. The molecule has 4 heteroatoms. The molecule has 0 bridgehead atoms. The van der Waals surface area contributed by atoms with E-state index in [4.69, 9.17) is 0 Å². The number of hydrogen-bond acceptors (Lipinski definition) is 3. The van der Waals surface area contributed by atoms with Crippen molar-refractivity contribution in [2.45, 2.75) is 283 Å². The van der Waals surface area contributed by atoms with E-state index in [-0.39, 0.29) is 12.5 Å². The van der Waals surface area contributed by atoms with Gasteiger partial charge >= 0.3 is 0 Å². The Kier molecular flexibility index (Phi) is 55.8. The van der Waals surface area contributed by atoms with Crippen molar-refractivity contribution < 1.29 is 15.0 Å². The molecule has 0 aromatic carbocycles. The van der Waals surface area contributed by atoms with E-state index in [1.807, 2.05) is 6.08 Å². The molecule has 0 saturated carbocycles. The molecule has 0 aliphatic carbocycles. The van der Waals surface area contributed by atoms with E-state index in [1.54, 1.807) is 6.08 Å². The lowest BCUT2D eigenvalue weighted by Gasteiger charge is -2.19. The molecule has 1 amide bonds. The van der Waals surface area contributed by atoms with Crippen molar-refractivity contribution in [3.8, 4) is 0 Å². The summed E-state index contributed by atoms with van der Waals surface area (Å²) in [6.45, 7) is 4.18. The molecule has 390 valence electrons. The predicted molar refractivity (Wildman–Crippen MR) is 303 cm³/mol. The van der Waals surface area contributed by atoms with Gasteiger partial charge in [-0.1, -0.05) is 277 Å². The van der Waals surface area contributed by atoms with E-state index < -0.39 is 12.1 Å². The standard InChI is InChI=1S/C64H111NO3/c1-3-5-7-9-11-13-15-17-19-21-23-25-27-29-30-31-32-33-34-36-37-39-41-43-45-47-49-51-53-55-57-59-63(67)62(61-66)65-64(68)60-58-56-54-52-50-48-46-44-42-40-38-35-28-26-24-22-20-18-16-14-12-10-8-6-4-2/h6,8,12,14,18,20,24,26,35,38,41-44,49,51,57,59,62-63,66-67H,3-5,7,9-11,13,15-17,19,21-23,25,27-34,36-37,39-40,45-48,50,52-56,58,60-61H2,1-2H3,(H,65,68)/b8-6-,14-12-,20-18-,26-24-,38-35-,43-41+,44-42-,51-49+,59-57+. The monoisotopic (exact) mass is 942 g/mol. The molecule has 0 aromatic heterocycles. The molecule has 0 saturated heterocycles. The maximum atomic E-state index is 12.5. The van der Waals surface area contributed by atoms with Crippen LogP contribution in [-0.4, -0.2) is 34.9 Å². The molecule has 0 heterocycles. The fourth-order valence-electron chi connectivity index (χ4n) is 8.33. The van der Waals surface area contributed by atoms with E-state index in [1.165, 1.54) is 161 Å². The Bertz CT molecular complexity index is 1300. The lowest BCUT2D eigenvalue weighted by Crippen LogP contribution is -2.45. The summed E-state index contributed by atoms with van der Waals surface area (Å²) in [4.78, 5) is 12.5. The van der Waals surface area contributed by atoms with Gasteiger partial charge in [-0.2, -0.15) is 0 Å². The molecule has 0 fully saturated rings. The van der Waals surface area contributed by atoms with Gasteiger partial charge < -0.3 is 15.5 Å². The van der Waals surface area contributed by atoms with E-state index in [0.29, 0.717) is 6.42 Å². The number of carbonyl (C=O) groups excluding carboxylic acids is 1. The number of nitrogens with one attached hydrogen (secondary N) is 1. The maximum absolute atomic E-state index is 12.5. The first-order chi connectivity index (χ1) is 33.7. The number of aliphatic hydroxyl groups is 2. The summed E-state index contributed by atoms with van der Waals surface area (Å²) in [6, 6.07) is -0.663. The zero-order chi connectivity index (χ0) is 49.2. The summed E-state index contributed by atoms with van der Waals surface area (Å²) in [5.74, 6) is -0.0953. The van der Waals surface area contributed by atoms with E-state index in [2.05, 4.69) is 116 Å². The summed E-state index contributed by atoms with van der Waals surface area (Å²) < 4.78 is 0. The van der Waals surface area contributed by atoms with Crippen LogP contribution in [0.4, 0.5) is 0 Å². The zero-order valence-corrected chi connectivity index (χ0v) is 44.8. The molecule has 0 spiro atoms. The Hall–Kier alpha value is -2.95. The smallest absolute Gasteiger partial charge is 0.220 e. The van der Waals surface area contributed by atoms with Gasteiger partial charge in [0.2, 0.25) is 5.91 Å². The molecule has 0 aromatic rings. The minimum absolute atomic E-state index is 0.0953. The molecule has 3 N–H and O–H groups in total. The number of allylic oxidation sites excluding steroid dienone is 17. The van der Waals surface area contributed by atoms with Gasteiger partial charge in [-0.25, -0.2) is 0 Å². The Morgan fingerprint density at radius 2 is 0.662 bits per heavy atom. The normalized spacial score (nSPS) is 13.6. The van der Waals surface area contributed by atoms with Crippen molar-refractivity contribution in [1.82, 2.24) is 5.32 Å². The average molecular weight is 943 g/mol. The number of hydrogen-bond donors (Lipinski definition) is 3. The van der Waals surface area contributed by atoms with E-state index >= 15 is 0 Å². The third-order valence-corrected chi connectivity index (χ3v) is 12.7. The summed E-state index contributed by atoms with van der Waals surface area (Å²) in [7, 11) is 0. The van der Waals surface area contributed by atoms with Crippen LogP contribution < -0.4 is 5.32 Å². The molecule has 0 rings (SSSR count). The Morgan fingerprint density at radius 3 is 1.03 bits per heavy atom. The molecule has 2 unspecified atom stereocenters. The van der Waals surface area contributed by atoms with Crippen LogP contribution in [0.25, 0.3) is 0 Å². The summed E-state index contributed by atoms with van der Waals surface area (Å²) in [5.41, 5.74) is 0. The van der Waals surface area contributed by atoms with Crippen molar-refractivity contribution in [2.24, 2.45) is 0 Å². The van der Waals surface area contributed by atoms with Gasteiger partial charge in [-0.3, -0.25) is 4.79 Å². The predicted octanol–water partition coefficient (Wildman–Crippen LogP) is 19.5. The van der Waals surface area contributed by atoms with Crippen molar-refractivity contribution in [3.05, 3.63) is 109 Å². The minimum atomic E-state index is -0.886.